The van der Waals surface area contributed by atoms with Crippen molar-refractivity contribution in [2.75, 3.05) is 13.1 Å². The number of benzene rings is 2. The lowest BCUT2D eigenvalue weighted by molar-refractivity contribution is -0.130. The number of rotatable bonds is 5. The van der Waals surface area contributed by atoms with E-state index >= 15 is 0 Å². The Morgan fingerprint density at radius 1 is 1.09 bits per heavy atom. The zero-order valence-corrected chi connectivity index (χ0v) is 13.5. The van der Waals surface area contributed by atoms with Crippen LogP contribution in [0, 0.1) is 0 Å². The summed E-state index contributed by atoms with van der Waals surface area (Å²) in [5.41, 5.74) is 3.48. The second-order valence-electron chi connectivity index (χ2n) is 5.43. The van der Waals surface area contributed by atoms with Crippen LogP contribution in [0.15, 0.2) is 52.9 Å². The number of amides is 1. The molecule has 0 N–H and O–H groups in total. The number of likely N-dealkylation sites (N-methyl/N-ethyl adjacent to an activating group) is 1. The van der Waals surface area contributed by atoms with Crippen molar-refractivity contribution in [3.8, 4) is 11.5 Å². The molecule has 3 rings (SSSR count). The van der Waals surface area contributed by atoms with Gasteiger partial charge in [0.05, 0.1) is 6.42 Å². The molecule has 4 nitrogen and oxygen atoms in total. The summed E-state index contributed by atoms with van der Waals surface area (Å²) in [6, 6.07) is 15.5. The first-order valence-corrected chi connectivity index (χ1v) is 7.94. The van der Waals surface area contributed by atoms with Gasteiger partial charge in [-0.15, -0.1) is 0 Å². The zero-order chi connectivity index (χ0) is 16.2. The Balaban J connectivity index is 1.86. The molecule has 0 spiro atoms. The molecule has 0 radical (unpaired) electrons. The van der Waals surface area contributed by atoms with E-state index in [4.69, 9.17) is 4.42 Å². The minimum atomic E-state index is 0.143. The molecule has 0 bridgehead atoms. The Bertz CT molecular complexity index is 786. The van der Waals surface area contributed by atoms with Crippen LogP contribution in [-0.4, -0.2) is 28.9 Å². The van der Waals surface area contributed by atoms with Crippen LogP contribution >= 0.6 is 0 Å². The normalized spacial score (nSPS) is 10.9. The molecule has 0 saturated heterocycles. The fraction of sp³-hybridized carbons (Fsp3) is 0.263. The zero-order valence-electron chi connectivity index (χ0n) is 13.5. The Morgan fingerprint density at radius 2 is 1.87 bits per heavy atom. The van der Waals surface area contributed by atoms with E-state index in [1.807, 2.05) is 67.3 Å². The maximum atomic E-state index is 12.3. The number of aromatic nitrogens is 1. The molecular weight excluding hydrogens is 288 g/mol. The van der Waals surface area contributed by atoms with Crippen LogP contribution in [0.4, 0.5) is 0 Å². The third-order valence-electron chi connectivity index (χ3n) is 3.94. The Labute approximate surface area is 135 Å². The number of fused-ring (bicyclic) bond motifs is 1. The van der Waals surface area contributed by atoms with Gasteiger partial charge in [-0.25, -0.2) is 4.98 Å². The smallest absolute Gasteiger partial charge is 0.227 e. The minimum absolute atomic E-state index is 0.143. The number of carbonyl (C=O) groups is 1. The molecule has 3 aromatic rings. The largest absolute Gasteiger partial charge is 0.436 e. The number of para-hydroxylation sites is 2. The van der Waals surface area contributed by atoms with Crippen LogP contribution in [0.1, 0.15) is 19.4 Å². The molecule has 0 aliphatic rings. The monoisotopic (exact) mass is 308 g/mol. The van der Waals surface area contributed by atoms with Crippen LogP contribution in [0.2, 0.25) is 0 Å². The van der Waals surface area contributed by atoms with Gasteiger partial charge < -0.3 is 9.32 Å². The molecule has 23 heavy (non-hydrogen) atoms. The number of oxazole rings is 1. The SMILES string of the molecule is CCN(CC)C(=O)Cc1cccc(-c2nc3ccccc3o2)c1. The standard InChI is InChI=1S/C19H20N2O2/c1-3-21(4-2)18(22)13-14-8-7-9-15(12-14)19-20-16-10-5-6-11-17(16)23-19/h5-12H,3-4,13H2,1-2H3. The van der Waals surface area contributed by atoms with Crippen molar-refractivity contribution in [2.45, 2.75) is 20.3 Å². The first kappa shape index (κ1) is 15.3. The molecule has 0 aliphatic heterocycles. The van der Waals surface area contributed by atoms with Gasteiger partial charge in [0.2, 0.25) is 11.8 Å². The van der Waals surface area contributed by atoms with Gasteiger partial charge in [-0.3, -0.25) is 4.79 Å². The van der Waals surface area contributed by atoms with E-state index < -0.39 is 0 Å². The summed E-state index contributed by atoms with van der Waals surface area (Å²) in [5, 5.41) is 0. The second-order valence-corrected chi connectivity index (χ2v) is 5.43. The van der Waals surface area contributed by atoms with E-state index in [2.05, 4.69) is 4.98 Å². The number of hydrogen-bond acceptors (Lipinski definition) is 3. The van der Waals surface area contributed by atoms with Crippen molar-refractivity contribution in [1.82, 2.24) is 9.88 Å². The first-order chi connectivity index (χ1) is 11.2. The summed E-state index contributed by atoms with van der Waals surface area (Å²) >= 11 is 0. The average molecular weight is 308 g/mol. The van der Waals surface area contributed by atoms with Crippen molar-refractivity contribution in [2.24, 2.45) is 0 Å². The maximum Gasteiger partial charge on any atom is 0.227 e. The minimum Gasteiger partial charge on any atom is -0.436 e. The maximum absolute atomic E-state index is 12.3. The molecule has 1 aromatic heterocycles. The molecule has 4 heteroatoms. The summed E-state index contributed by atoms with van der Waals surface area (Å²) in [5.74, 6) is 0.730. The summed E-state index contributed by atoms with van der Waals surface area (Å²) in [6.07, 6.45) is 0.399. The van der Waals surface area contributed by atoms with Gasteiger partial charge in [-0.1, -0.05) is 24.3 Å². The highest BCUT2D eigenvalue weighted by Crippen LogP contribution is 2.24. The van der Waals surface area contributed by atoms with Gasteiger partial charge >= 0.3 is 0 Å². The van der Waals surface area contributed by atoms with Gasteiger partial charge in [0, 0.05) is 18.7 Å². The number of hydrogen-bond donors (Lipinski definition) is 0. The van der Waals surface area contributed by atoms with Gasteiger partial charge in [0.1, 0.15) is 5.52 Å². The van der Waals surface area contributed by atoms with E-state index in [1.165, 1.54) is 0 Å². The highest BCUT2D eigenvalue weighted by atomic mass is 16.3. The molecule has 1 heterocycles. The number of carbonyl (C=O) groups excluding carboxylic acids is 1. The lowest BCUT2D eigenvalue weighted by Gasteiger charge is -2.18. The van der Waals surface area contributed by atoms with Crippen LogP contribution in [0.3, 0.4) is 0 Å². The fourth-order valence-corrected chi connectivity index (χ4v) is 2.67. The molecule has 2 aromatic carbocycles. The summed E-state index contributed by atoms with van der Waals surface area (Å²) in [6.45, 7) is 5.46. The van der Waals surface area contributed by atoms with Crippen LogP contribution in [0.25, 0.3) is 22.6 Å². The number of nitrogens with zero attached hydrogens (tertiary/aromatic N) is 2. The predicted molar refractivity (Wildman–Crippen MR) is 91.1 cm³/mol. The lowest BCUT2D eigenvalue weighted by Crippen LogP contribution is -2.31. The van der Waals surface area contributed by atoms with Crippen molar-refractivity contribution in [3.05, 3.63) is 54.1 Å². The van der Waals surface area contributed by atoms with Crippen molar-refractivity contribution >= 4 is 17.0 Å². The highest BCUT2D eigenvalue weighted by Gasteiger charge is 2.12. The van der Waals surface area contributed by atoms with Gasteiger partial charge in [0.25, 0.3) is 0 Å². The summed E-state index contributed by atoms with van der Waals surface area (Å²) in [4.78, 5) is 18.6. The molecular formula is C19H20N2O2. The quantitative estimate of drug-likeness (QED) is 0.718. The predicted octanol–water partition coefficient (Wildman–Crippen LogP) is 3.91. The summed E-state index contributed by atoms with van der Waals surface area (Å²) in [7, 11) is 0. The van der Waals surface area contributed by atoms with Gasteiger partial charge in [-0.2, -0.15) is 0 Å². The molecule has 0 saturated carbocycles. The Morgan fingerprint density at radius 3 is 2.61 bits per heavy atom. The third-order valence-corrected chi connectivity index (χ3v) is 3.94. The molecule has 0 atom stereocenters. The van der Waals surface area contributed by atoms with Crippen LogP contribution in [0.5, 0.6) is 0 Å². The first-order valence-electron chi connectivity index (χ1n) is 7.94. The second kappa shape index (κ2) is 6.65. The molecule has 0 unspecified atom stereocenters. The topological polar surface area (TPSA) is 46.3 Å². The average Bonchev–Trinajstić information content (AvgIpc) is 3.00. The van der Waals surface area contributed by atoms with E-state index in [-0.39, 0.29) is 5.91 Å². The Kier molecular flexibility index (Phi) is 4.42. The van der Waals surface area contributed by atoms with Gasteiger partial charge in [-0.05, 0) is 43.7 Å². The Hall–Kier alpha value is -2.62. The molecule has 0 fully saturated rings. The third kappa shape index (κ3) is 3.26. The van der Waals surface area contributed by atoms with Crippen LogP contribution < -0.4 is 0 Å². The fourth-order valence-electron chi connectivity index (χ4n) is 2.67. The summed E-state index contributed by atoms with van der Waals surface area (Å²) < 4.78 is 5.80. The molecule has 118 valence electrons. The van der Waals surface area contributed by atoms with Crippen molar-refractivity contribution in [1.29, 1.82) is 0 Å². The van der Waals surface area contributed by atoms with Gasteiger partial charge in [0.15, 0.2) is 5.58 Å². The van der Waals surface area contributed by atoms with Crippen molar-refractivity contribution < 1.29 is 9.21 Å². The van der Waals surface area contributed by atoms with E-state index in [1.54, 1.807) is 0 Å². The van der Waals surface area contributed by atoms with E-state index in [9.17, 15) is 4.79 Å². The molecule has 1 amide bonds. The highest BCUT2D eigenvalue weighted by molar-refractivity contribution is 5.80. The van der Waals surface area contributed by atoms with Crippen molar-refractivity contribution in [3.63, 3.8) is 0 Å². The van der Waals surface area contributed by atoms with E-state index in [0.29, 0.717) is 12.3 Å². The van der Waals surface area contributed by atoms with E-state index in [0.717, 1.165) is 35.3 Å². The van der Waals surface area contributed by atoms with Crippen LogP contribution in [-0.2, 0) is 11.2 Å². The lowest BCUT2D eigenvalue weighted by atomic mass is 10.1. The molecule has 0 aliphatic carbocycles.